The molecule has 4 atom stereocenters. The van der Waals surface area contributed by atoms with Crippen molar-refractivity contribution < 1.29 is 14.3 Å². The van der Waals surface area contributed by atoms with Crippen molar-refractivity contribution in [2.75, 3.05) is 0 Å². The van der Waals surface area contributed by atoms with Crippen molar-refractivity contribution in [3.05, 3.63) is 0 Å². The zero-order valence-corrected chi connectivity index (χ0v) is 15.1. The number of hydrogen-bond acceptors (Lipinski definition) is 3. The lowest BCUT2D eigenvalue weighted by atomic mass is 9.45. The van der Waals surface area contributed by atoms with Crippen molar-refractivity contribution in [1.29, 1.82) is 0 Å². The molecule has 0 saturated heterocycles. The van der Waals surface area contributed by atoms with Crippen molar-refractivity contribution in [1.82, 2.24) is 0 Å². The second kappa shape index (κ2) is 5.65. The minimum absolute atomic E-state index is 0.0792. The van der Waals surface area contributed by atoms with Gasteiger partial charge < -0.3 is 9.53 Å². The Kier molecular flexibility index (Phi) is 4.49. The van der Waals surface area contributed by atoms with Gasteiger partial charge >= 0.3 is 5.97 Å². The average Bonchev–Trinajstić information content (AvgIpc) is 2.31. The van der Waals surface area contributed by atoms with Crippen LogP contribution in [-0.2, 0) is 14.3 Å². The summed E-state index contributed by atoms with van der Waals surface area (Å²) in [6, 6.07) is 0. The van der Waals surface area contributed by atoms with Gasteiger partial charge in [-0.1, -0.05) is 27.2 Å². The maximum Gasteiger partial charge on any atom is 0.303 e. The zero-order chi connectivity index (χ0) is 16.8. The Bertz CT molecular complexity index is 467. The molecule has 0 N–H and O–H groups in total. The quantitative estimate of drug-likeness (QED) is 0.719. The van der Waals surface area contributed by atoms with Crippen LogP contribution in [0, 0.1) is 22.7 Å². The van der Waals surface area contributed by atoms with Crippen LogP contribution in [0.3, 0.4) is 0 Å². The molecule has 0 heterocycles. The van der Waals surface area contributed by atoms with Crippen LogP contribution in [0.1, 0.15) is 80.1 Å². The number of ketones is 1. The Morgan fingerprint density at radius 1 is 1.05 bits per heavy atom. The van der Waals surface area contributed by atoms with Crippen molar-refractivity contribution >= 4 is 11.8 Å². The van der Waals surface area contributed by atoms with E-state index in [0.717, 1.165) is 19.3 Å². The molecule has 126 valence electrons. The average molecular weight is 308 g/mol. The van der Waals surface area contributed by atoms with Crippen molar-refractivity contribution in [3.63, 3.8) is 0 Å². The van der Waals surface area contributed by atoms with E-state index in [4.69, 9.17) is 4.74 Å². The minimum atomic E-state index is -0.504. The molecule has 4 unspecified atom stereocenters. The van der Waals surface area contributed by atoms with Crippen LogP contribution in [0.25, 0.3) is 0 Å². The van der Waals surface area contributed by atoms with E-state index in [1.54, 1.807) is 6.92 Å². The molecule has 3 heteroatoms. The number of carbonyl (C=O) groups excluding carboxylic acids is 2. The van der Waals surface area contributed by atoms with Crippen molar-refractivity contribution in [2.45, 2.75) is 85.7 Å². The van der Waals surface area contributed by atoms with Gasteiger partial charge in [0.25, 0.3) is 0 Å². The van der Waals surface area contributed by atoms with Gasteiger partial charge in [0.2, 0.25) is 0 Å². The second-order valence-electron chi connectivity index (χ2n) is 8.80. The number of hydrogen-bond donors (Lipinski definition) is 0. The first-order chi connectivity index (χ1) is 10.0. The third-order valence-electron chi connectivity index (χ3n) is 6.61. The molecule has 0 aromatic rings. The van der Waals surface area contributed by atoms with E-state index in [2.05, 4.69) is 20.8 Å². The van der Waals surface area contributed by atoms with E-state index in [0.29, 0.717) is 17.8 Å². The molecule has 0 spiro atoms. The summed E-state index contributed by atoms with van der Waals surface area (Å²) in [5.41, 5.74) is -0.119. The molecule has 2 rings (SSSR count). The fourth-order valence-corrected chi connectivity index (χ4v) is 5.79. The van der Waals surface area contributed by atoms with E-state index in [1.165, 1.54) is 19.8 Å². The first-order valence-corrected chi connectivity index (χ1v) is 8.70. The van der Waals surface area contributed by atoms with Gasteiger partial charge in [-0.25, -0.2) is 0 Å². The van der Waals surface area contributed by atoms with E-state index < -0.39 is 5.60 Å². The van der Waals surface area contributed by atoms with Crippen LogP contribution in [-0.4, -0.2) is 17.4 Å². The number of esters is 1. The molecule has 0 aromatic heterocycles. The number of Topliss-reactive ketones (excluding diaryl/α,β-unsaturated/α-hetero) is 1. The van der Waals surface area contributed by atoms with Gasteiger partial charge in [-0.15, -0.1) is 0 Å². The number of rotatable bonds is 3. The molecule has 0 aromatic carbocycles. The van der Waals surface area contributed by atoms with Crippen LogP contribution in [0.4, 0.5) is 0 Å². The summed E-state index contributed by atoms with van der Waals surface area (Å²) in [6.07, 6.45) is 6.06. The highest BCUT2D eigenvalue weighted by Gasteiger charge is 2.59. The van der Waals surface area contributed by atoms with Crippen LogP contribution in [0.5, 0.6) is 0 Å². The molecule has 0 bridgehead atoms. The molecule has 2 aliphatic carbocycles. The Hall–Kier alpha value is -0.860. The predicted octanol–water partition coefficient (Wildman–Crippen LogP) is 4.53. The zero-order valence-electron chi connectivity index (χ0n) is 15.1. The smallest absolute Gasteiger partial charge is 0.303 e. The maximum absolute atomic E-state index is 11.9. The minimum Gasteiger partial charge on any atom is -0.459 e. The SMILES string of the molecule is CC(=O)CC1C(C)(OC(C)=O)CCC2C(C)(C)CCCC21C. The summed E-state index contributed by atoms with van der Waals surface area (Å²) in [6.45, 7) is 12.3. The summed E-state index contributed by atoms with van der Waals surface area (Å²) in [7, 11) is 0. The van der Waals surface area contributed by atoms with Gasteiger partial charge in [-0.3, -0.25) is 4.79 Å². The van der Waals surface area contributed by atoms with Gasteiger partial charge in [0.05, 0.1) is 0 Å². The van der Waals surface area contributed by atoms with Crippen molar-refractivity contribution in [3.8, 4) is 0 Å². The summed E-state index contributed by atoms with van der Waals surface area (Å²) >= 11 is 0. The summed E-state index contributed by atoms with van der Waals surface area (Å²) in [5.74, 6) is 0.697. The highest BCUT2D eigenvalue weighted by molar-refractivity contribution is 5.76. The molecular formula is C19H32O3. The molecule has 22 heavy (non-hydrogen) atoms. The van der Waals surface area contributed by atoms with Crippen LogP contribution in [0.2, 0.25) is 0 Å². The molecule has 0 radical (unpaired) electrons. The summed E-state index contributed by atoms with van der Waals surface area (Å²) in [5, 5.41) is 0. The Morgan fingerprint density at radius 2 is 1.68 bits per heavy atom. The van der Waals surface area contributed by atoms with Gasteiger partial charge in [0.15, 0.2) is 0 Å². The van der Waals surface area contributed by atoms with E-state index >= 15 is 0 Å². The molecule has 2 saturated carbocycles. The monoisotopic (exact) mass is 308 g/mol. The number of fused-ring (bicyclic) bond motifs is 1. The van der Waals surface area contributed by atoms with Gasteiger partial charge in [-0.05, 0) is 56.3 Å². The molecule has 2 fully saturated rings. The summed E-state index contributed by atoms with van der Waals surface area (Å²) < 4.78 is 5.78. The maximum atomic E-state index is 11.9. The summed E-state index contributed by atoms with van der Waals surface area (Å²) in [4.78, 5) is 23.6. The Morgan fingerprint density at radius 3 is 2.23 bits per heavy atom. The van der Waals surface area contributed by atoms with Crippen LogP contribution >= 0.6 is 0 Å². The lowest BCUT2D eigenvalue weighted by Crippen LogP contribution is -2.59. The van der Waals surface area contributed by atoms with Crippen LogP contribution in [0.15, 0.2) is 0 Å². The third-order valence-corrected chi connectivity index (χ3v) is 6.61. The Labute approximate surface area is 135 Å². The normalized spacial score (nSPS) is 40.6. The van der Waals surface area contributed by atoms with E-state index in [-0.39, 0.29) is 23.1 Å². The lowest BCUT2D eigenvalue weighted by molar-refractivity contribution is -0.199. The van der Waals surface area contributed by atoms with Gasteiger partial charge in [0.1, 0.15) is 11.4 Å². The Balaban J connectivity index is 2.43. The van der Waals surface area contributed by atoms with Gasteiger partial charge in [0, 0.05) is 19.3 Å². The fraction of sp³-hybridized carbons (Fsp3) is 0.895. The van der Waals surface area contributed by atoms with E-state index in [9.17, 15) is 9.59 Å². The number of ether oxygens (including phenoxy) is 1. The molecule has 0 aliphatic heterocycles. The van der Waals surface area contributed by atoms with Crippen LogP contribution < -0.4 is 0 Å². The highest BCUT2D eigenvalue weighted by Crippen LogP contribution is 2.63. The topological polar surface area (TPSA) is 43.4 Å². The van der Waals surface area contributed by atoms with Crippen molar-refractivity contribution in [2.24, 2.45) is 22.7 Å². The first kappa shape index (κ1) is 17.5. The molecule has 2 aliphatic rings. The van der Waals surface area contributed by atoms with E-state index in [1.807, 2.05) is 6.92 Å². The number of carbonyl (C=O) groups is 2. The largest absolute Gasteiger partial charge is 0.459 e. The molecule has 0 amide bonds. The highest BCUT2D eigenvalue weighted by atomic mass is 16.6. The predicted molar refractivity (Wildman–Crippen MR) is 87.4 cm³/mol. The first-order valence-electron chi connectivity index (χ1n) is 8.70. The second-order valence-corrected chi connectivity index (χ2v) is 8.80. The van der Waals surface area contributed by atoms with Gasteiger partial charge in [-0.2, -0.15) is 0 Å². The molecule has 3 nitrogen and oxygen atoms in total. The standard InChI is InChI=1S/C19H32O3/c1-13(20)12-16-18(5)10-7-9-17(3,4)15(18)8-11-19(16,6)22-14(2)21/h15-16H,7-12H2,1-6H3. The lowest BCUT2D eigenvalue weighted by Gasteiger charge is -2.61. The third kappa shape index (κ3) is 2.96. The fourth-order valence-electron chi connectivity index (χ4n) is 5.79. The molecular weight excluding hydrogens is 276 g/mol.